The van der Waals surface area contributed by atoms with E-state index >= 15 is 0 Å². The molecule has 0 atom stereocenters. The van der Waals surface area contributed by atoms with Gasteiger partial charge in [0, 0.05) is 35.5 Å². The van der Waals surface area contributed by atoms with Gasteiger partial charge in [0.15, 0.2) is 6.61 Å². The van der Waals surface area contributed by atoms with E-state index in [1.165, 1.54) is 6.07 Å². The molecule has 3 amide bonds. The number of carbonyl (C=O) groups is 4. The summed E-state index contributed by atoms with van der Waals surface area (Å²) in [4.78, 5) is 50.4. The molecule has 0 radical (unpaired) electrons. The van der Waals surface area contributed by atoms with Gasteiger partial charge < -0.3 is 9.26 Å². The summed E-state index contributed by atoms with van der Waals surface area (Å²) < 4.78 is 9.78. The molecular weight excluding hydrogens is 402 g/mol. The van der Waals surface area contributed by atoms with Crippen molar-refractivity contribution in [1.29, 1.82) is 0 Å². The van der Waals surface area contributed by atoms with Crippen molar-refractivity contribution in [3.8, 4) is 0 Å². The van der Waals surface area contributed by atoms with Gasteiger partial charge >= 0.3 is 5.97 Å². The second-order valence-electron chi connectivity index (χ2n) is 7.12. The first kappa shape index (κ1) is 20.3. The maximum Gasteiger partial charge on any atom is 0.306 e. The van der Waals surface area contributed by atoms with Crippen molar-refractivity contribution in [3.63, 3.8) is 0 Å². The molecule has 4 rings (SSSR count). The molecule has 2 aromatic carbocycles. The zero-order valence-electron chi connectivity index (χ0n) is 16.7. The topological polar surface area (TPSA) is 119 Å². The third-order valence-electron chi connectivity index (χ3n) is 4.87. The summed E-state index contributed by atoms with van der Waals surface area (Å²) in [5.41, 5.74) is 1.54. The summed E-state index contributed by atoms with van der Waals surface area (Å²) in [5, 5.41) is 7.53. The van der Waals surface area contributed by atoms with E-state index in [9.17, 15) is 19.2 Å². The molecule has 158 valence electrons. The number of benzene rings is 2. The van der Waals surface area contributed by atoms with E-state index in [0.29, 0.717) is 22.2 Å². The van der Waals surface area contributed by atoms with Crippen LogP contribution < -0.4 is 5.32 Å². The van der Waals surface area contributed by atoms with Crippen molar-refractivity contribution in [2.45, 2.75) is 19.8 Å². The largest absolute Gasteiger partial charge is 0.456 e. The molecule has 1 aromatic heterocycles. The summed E-state index contributed by atoms with van der Waals surface area (Å²) in [6.45, 7) is 1.30. The van der Waals surface area contributed by atoms with E-state index in [-0.39, 0.29) is 37.1 Å². The number of ether oxygens (including phenoxy) is 1. The number of nitrogens with one attached hydrogen (secondary N) is 1. The normalized spacial score (nSPS) is 12.9. The van der Waals surface area contributed by atoms with Crippen LogP contribution in [-0.4, -0.2) is 46.9 Å². The first-order valence-electron chi connectivity index (χ1n) is 9.71. The van der Waals surface area contributed by atoms with E-state index in [0.717, 1.165) is 10.3 Å². The second kappa shape index (κ2) is 8.39. The predicted octanol–water partition coefficient (Wildman–Crippen LogP) is 2.69. The third-order valence-corrected chi connectivity index (χ3v) is 4.87. The molecule has 1 aliphatic heterocycles. The van der Waals surface area contributed by atoms with Crippen LogP contribution in [-0.2, 0) is 14.3 Å². The summed E-state index contributed by atoms with van der Waals surface area (Å²) >= 11 is 0. The van der Waals surface area contributed by atoms with Crippen LogP contribution in [0.1, 0.15) is 39.3 Å². The van der Waals surface area contributed by atoms with Gasteiger partial charge in [-0.2, -0.15) is 0 Å². The molecule has 0 saturated carbocycles. The van der Waals surface area contributed by atoms with E-state index in [4.69, 9.17) is 9.26 Å². The number of aryl methyl sites for hydroxylation is 1. The number of aromatic nitrogens is 1. The molecule has 1 N–H and O–H groups in total. The number of rotatable bonds is 7. The van der Waals surface area contributed by atoms with E-state index < -0.39 is 18.5 Å². The number of hydrogen-bond donors (Lipinski definition) is 1. The van der Waals surface area contributed by atoms with Gasteiger partial charge in [-0.05, 0) is 30.9 Å². The highest BCUT2D eigenvalue weighted by Crippen LogP contribution is 2.30. The van der Waals surface area contributed by atoms with Gasteiger partial charge in [0.05, 0.1) is 5.69 Å². The summed E-state index contributed by atoms with van der Waals surface area (Å²) in [7, 11) is 0. The summed E-state index contributed by atoms with van der Waals surface area (Å²) in [6.07, 6.45) is 0.176. The summed E-state index contributed by atoms with van der Waals surface area (Å²) in [5.74, 6) is -1.77. The number of carbonyl (C=O) groups excluding carboxylic acids is 4. The van der Waals surface area contributed by atoms with Gasteiger partial charge in [-0.3, -0.25) is 29.4 Å². The van der Waals surface area contributed by atoms with Crippen molar-refractivity contribution in [2.24, 2.45) is 0 Å². The standard InChI is InChI=1S/C22H19N3O6/c1-13-11-18(31-24-13)23-17(26)12-30-19(27)9-4-10-25-21(28)15-7-2-5-14-6-3-8-16(20(14)15)22(25)29/h2-3,5-8,11H,4,9-10,12H2,1H3,(H,23,26). The average Bonchev–Trinajstić information content (AvgIpc) is 3.17. The maximum absolute atomic E-state index is 12.8. The molecule has 2 heterocycles. The molecule has 9 heteroatoms. The lowest BCUT2D eigenvalue weighted by Crippen LogP contribution is -2.41. The Morgan fingerprint density at radius 2 is 1.77 bits per heavy atom. The minimum Gasteiger partial charge on any atom is -0.456 e. The Labute approximate surface area is 176 Å². The smallest absolute Gasteiger partial charge is 0.306 e. The third kappa shape index (κ3) is 4.16. The number of esters is 1. The van der Waals surface area contributed by atoms with Crippen LogP contribution in [0, 0.1) is 6.92 Å². The quantitative estimate of drug-likeness (QED) is 0.460. The first-order chi connectivity index (χ1) is 14.9. The fourth-order valence-corrected chi connectivity index (χ4v) is 3.48. The Bertz CT molecular complexity index is 1150. The van der Waals surface area contributed by atoms with Crippen molar-refractivity contribution in [3.05, 3.63) is 59.3 Å². The molecule has 0 saturated heterocycles. The molecule has 1 aliphatic rings. The van der Waals surface area contributed by atoms with E-state index in [1.807, 2.05) is 12.1 Å². The Morgan fingerprint density at radius 1 is 1.10 bits per heavy atom. The Morgan fingerprint density at radius 3 is 2.39 bits per heavy atom. The van der Waals surface area contributed by atoms with Gasteiger partial charge in [0.25, 0.3) is 17.7 Å². The number of anilines is 1. The highest BCUT2D eigenvalue weighted by Gasteiger charge is 2.32. The van der Waals surface area contributed by atoms with Crippen LogP contribution in [0.4, 0.5) is 5.88 Å². The number of hydrogen-bond acceptors (Lipinski definition) is 7. The van der Waals surface area contributed by atoms with Gasteiger partial charge in [-0.1, -0.05) is 29.4 Å². The highest BCUT2D eigenvalue weighted by molar-refractivity contribution is 6.25. The fraction of sp³-hybridized carbons (Fsp3) is 0.227. The monoisotopic (exact) mass is 421 g/mol. The predicted molar refractivity (Wildman–Crippen MR) is 109 cm³/mol. The van der Waals surface area contributed by atoms with Crippen LogP contribution in [0.2, 0.25) is 0 Å². The molecule has 31 heavy (non-hydrogen) atoms. The molecule has 0 spiro atoms. The van der Waals surface area contributed by atoms with Crippen LogP contribution in [0.25, 0.3) is 10.8 Å². The average molecular weight is 421 g/mol. The van der Waals surface area contributed by atoms with Crippen molar-refractivity contribution >= 4 is 40.3 Å². The zero-order chi connectivity index (χ0) is 22.0. The van der Waals surface area contributed by atoms with Gasteiger partial charge in [0.1, 0.15) is 0 Å². The molecule has 3 aromatic rings. The molecule has 0 bridgehead atoms. The van der Waals surface area contributed by atoms with Crippen LogP contribution >= 0.6 is 0 Å². The number of amides is 3. The minimum atomic E-state index is -0.608. The molecule has 0 fully saturated rings. The lowest BCUT2D eigenvalue weighted by Gasteiger charge is -2.27. The van der Waals surface area contributed by atoms with Gasteiger partial charge in [-0.15, -0.1) is 0 Å². The number of imide groups is 1. The number of nitrogens with zero attached hydrogens (tertiary/aromatic N) is 2. The van der Waals surface area contributed by atoms with Crippen LogP contribution in [0.5, 0.6) is 0 Å². The molecule has 9 nitrogen and oxygen atoms in total. The second-order valence-corrected chi connectivity index (χ2v) is 7.12. The molecule has 0 aliphatic carbocycles. The molecule has 0 unspecified atom stereocenters. The van der Waals surface area contributed by atoms with Crippen molar-refractivity contribution in [2.75, 3.05) is 18.5 Å². The SMILES string of the molecule is Cc1cc(NC(=O)COC(=O)CCCN2C(=O)c3cccc4cccc(c34)C2=O)on1. The van der Waals surface area contributed by atoms with E-state index in [1.54, 1.807) is 31.2 Å². The highest BCUT2D eigenvalue weighted by atomic mass is 16.5. The Kier molecular flexibility index (Phi) is 5.48. The maximum atomic E-state index is 12.8. The minimum absolute atomic E-state index is 0.0440. The van der Waals surface area contributed by atoms with Crippen LogP contribution in [0.3, 0.4) is 0 Å². The lowest BCUT2D eigenvalue weighted by molar-refractivity contribution is -0.147. The van der Waals surface area contributed by atoms with Gasteiger partial charge in [0.2, 0.25) is 5.88 Å². The van der Waals surface area contributed by atoms with Crippen molar-refractivity contribution < 1.29 is 28.4 Å². The zero-order valence-corrected chi connectivity index (χ0v) is 16.7. The van der Waals surface area contributed by atoms with Crippen molar-refractivity contribution in [1.82, 2.24) is 10.1 Å². The fourth-order valence-electron chi connectivity index (χ4n) is 3.48. The van der Waals surface area contributed by atoms with Gasteiger partial charge in [-0.25, -0.2) is 0 Å². The van der Waals surface area contributed by atoms with E-state index in [2.05, 4.69) is 10.5 Å². The molecular formula is C22H19N3O6. The first-order valence-corrected chi connectivity index (χ1v) is 9.71. The lowest BCUT2D eigenvalue weighted by atomic mass is 9.94. The Hall–Kier alpha value is -4.01. The van der Waals surface area contributed by atoms with Crippen LogP contribution in [0.15, 0.2) is 47.0 Å². The summed E-state index contributed by atoms with van der Waals surface area (Å²) in [6, 6.07) is 12.2. The Balaban J connectivity index is 1.29.